The zero-order valence-corrected chi connectivity index (χ0v) is 19.8. The minimum Gasteiger partial charge on any atom is -0.495 e. The lowest BCUT2D eigenvalue weighted by Crippen LogP contribution is -2.45. The molecule has 3 aromatic rings. The van der Waals surface area contributed by atoms with E-state index < -0.39 is 46.3 Å². The summed E-state index contributed by atoms with van der Waals surface area (Å²) in [5.74, 6) is -4.18. The summed E-state index contributed by atoms with van der Waals surface area (Å²) < 4.78 is 56.6. The molecule has 192 valence electrons. The number of fused-ring (bicyclic) bond motifs is 4. The number of carbonyl (C=O) groups is 2. The van der Waals surface area contributed by atoms with Crippen LogP contribution in [0.15, 0.2) is 67.0 Å². The van der Waals surface area contributed by atoms with Gasteiger partial charge in [-0.2, -0.15) is 13.2 Å². The van der Waals surface area contributed by atoms with Crippen LogP contribution in [0.4, 0.5) is 13.2 Å². The molecule has 2 aromatic carbocycles. The van der Waals surface area contributed by atoms with Crippen LogP contribution < -0.4 is 9.47 Å². The normalized spacial score (nSPS) is 26.6. The van der Waals surface area contributed by atoms with Crippen LogP contribution in [-0.4, -0.2) is 42.7 Å². The summed E-state index contributed by atoms with van der Waals surface area (Å²) in [7, 11) is 2.45. The van der Waals surface area contributed by atoms with Gasteiger partial charge in [0.05, 0.1) is 43.2 Å². The molecule has 0 amide bonds. The van der Waals surface area contributed by atoms with Gasteiger partial charge in [0, 0.05) is 5.92 Å². The van der Waals surface area contributed by atoms with E-state index in [1.807, 2.05) is 0 Å². The second-order valence-corrected chi connectivity index (χ2v) is 9.03. The molecule has 2 unspecified atom stereocenters. The molecule has 1 fully saturated rings. The van der Waals surface area contributed by atoms with Gasteiger partial charge < -0.3 is 19.3 Å². The predicted molar refractivity (Wildman–Crippen MR) is 123 cm³/mol. The zero-order valence-electron chi connectivity index (χ0n) is 19.8. The Labute approximate surface area is 209 Å². The van der Waals surface area contributed by atoms with E-state index >= 15 is 0 Å². The maximum Gasteiger partial charge on any atom is 0.416 e. The van der Waals surface area contributed by atoms with Gasteiger partial charge in [-0.1, -0.05) is 42.5 Å². The molecule has 1 saturated carbocycles. The smallest absolute Gasteiger partial charge is 0.416 e. The number of rotatable bonds is 4. The summed E-state index contributed by atoms with van der Waals surface area (Å²) in [6.07, 6.45) is -2.03. The van der Waals surface area contributed by atoms with Gasteiger partial charge in [0.1, 0.15) is 24.0 Å². The van der Waals surface area contributed by atoms with Crippen LogP contribution in [-0.2, 0) is 31.5 Å². The summed E-state index contributed by atoms with van der Waals surface area (Å²) >= 11 is 0. The minimum atomic E-state index is -4.60. The van der Waals surface area contributed by atoms with E-state index in [2.05, 4.69) is 4.98 Å². The third kappa shape index (κ3) is 3.42. The molecule has 10 heteroatoms. The number of ketones is 1. The molecule has 0 radical (unpaired) electrons. The van der Waals surface area contributed by atoms with Crippen LogP contribution in [0.25, 0.3) is 0 Å². The fraction of sp³-hybridized carbons (Fsp3) is 0.296. The molecule has 7 nitrogen and oxygen atoms in total. The molecule has 0 saturated heterocycles. The second-order valence-electron chi connectivity index (χ2n) is 9.03. The van der Waals surface area contributed by atoms with E-state index in [9.17, 15) is 27.9 Å². The molecule has 5 rings (SSSR count). The van der Waals surface area contributed by atoms with Crippen molar-refractivity contribution in [1.29, 1.82) is 0 Å². The van der Waals surface area contributed by atoms with Crippen LogP contribution in [0.2, 0.25) is 0 Å². The molecule has 2 aliphatic rings. The summed E-state index contributed by atoms with van der Waals surface area (Å²) in [5, 5.41) is 12.3. The number of aromatic nitrogens is 1. The van der Waals surface area contributed by atoms with Gasteiger partial charge in [0.25, 0.3) is 0 Å². The highest BCUT2D eigenvalue weighted by molar-refractivity contribution is 6.07. The Hall–Kier alpha value is -3.92. The van der Waals surface area contributed by atoms with Crippen molar-refractivity contribution in [3.63, 3.8) is 0 Å². The molecule has 1 aliphatic carbocycles. The van der Waals surface area contributed by atoms with Crippen LogP contribution in [0.5, 0.6) is 11.5 Å². The molecule has 4 atom stereocenters. The number of hydrogen-bond donors (Lipinski definition) is 1. The fourth-order valence-electron chi connectivity index (χ4n) is 5.75. The number of halogens is 3. The van der Waals surface area contributed by atoms with Crippen molar-refractivity contribution in [2.75, 3.05) is 20.8 Å². The Morgan fingerprint density at radius 2 is 1.76 bits per heavy atom. The maximum absolute atomic E-state index is 14.5. The van der Waals surface area contributed by atoms with Gasteiger partial charge in [0.15, 0.2) is 11.4 Å². The lowest BCUT2D eigenvalue weighted by atomic mass is 9.67. The first-order chi connectivity index (χ1) is 17.6. The van der Waals surface area contributed by atoms with Crippen molar-refractivity contribution in [1.82, 2.24) is 4.98 Å². The second kappa shape index (κ2) is 8.58. The molecule has 0 spiro atoms. The number of methoxy groups -OCH3 is 2. The lowest BCUT2D eigenvalue weighted by Gasteiger charge is -2.37. The summed E-state index contributed by atoms with van der Waals surface area (Å²) in [4.78, 5) is 32.0. The summed E-state index contributed by atoms with van der Waals surface area (Å²) in [6.45, 7) is -0.381. The number of alkyl halides is 3. The Kier molecular flexibility index (Phi) is 5.74. The van der Waals surface area contributed by atoms with Crippen LogP contribution in [0.3, 0.4) is 0 Å². The highest BCUT2D eigenvalue weighted by Gasteiger charge is 2.74. The first-order valence-electron chi connectivity index (χ1n) is 11.3. The van der Waals surface area contributed by atoms with Crippen LogP contribution in [0.1, 0.15) is 28.2 Å². The third-order valence-electron chi connectivity index (χ3n) is 7.34. The number of aliphatic hydroxyl groups is 1. The largest absolute Gasteiger partial charge is 0.495 e. The van der Waals surface area contributed by atoms with E-state index in [1.165, 1.54) is 31.6 Å². The maximum atomic E-state index is 14.5. The highest BCUT2D eigenvalue weighted by atomic mass is 19.4. The topological polar surface area (TPSA) is 95.0 Å². The van der Waals surface area contributed by atoms with Crippen molar-refractivity contribution in [3.05, 3.63) is 89.2 Å². The van der Waals surface area contributed by atoms with Gasteiger partial charge in [-0.25, -0.2) is 0 Å². The number of pyridine rings is 1. The molecule has 37 heavy (non-hydrogen) atoms. The number of carbonyl (C=O) groups excluding carboxylic acids is 2. The monoisotopic (exact) mass is 513 g/mol. The van der Waals surface area contributed by atoms with Crippen LogP contribution in [0, 0.1) is 5.92 Å². The lowest BCUT2D eigenvalue weighted by molar-refractivity contribution is -0.160. The third-order valence-corrected chi connectivity index (χ3v) is 7.34. The van der Waals surface area contributed by atoms with E-state index in [0.717, 1.165) is 19.2 Å². The number of hydrogen-bond acceptors (Lipinski definition) is 7. The number of nitrogens with zero attached hydrogens (tertiary/aromatic N) is 1. The molecule has 1 N–H and O–H groups in total. The Morgan fingerprint density at radius 3 is 2.35 bits per heavy atom. The van der Waals surface area contributed by atoms with Gasteiger partial charge in [-0.3, -0.25) is 14.6 Å². The zero-order chi connectivity index (χ0) is 26.6. The van der Waals surface area contributed by atoms with E-state index in [0.29, 0.717) is 5.56 Å². The van der Waals surface area contributed by atoms with Gasteiger partial charge in [0.2, 0.25) is 0 Å². The Morgan fingerprint density at radius 1 is 1.08 bits per heavy atom. The van der Waals surface area contributed by atoms with E-state index in [1.54, 1.807) is 30.3 Å². The highest BCUT2D eigenvalue weighted by Crippen LogP contribution is 2.63. The first-order valence-corrected chi connectivity index (χ1v) is 11.3. The van der Waals surface area contributed by atoms with Crippen molar-refractivity contribution < 1.29 is 42.1 Å². The van der Waals surface area contributed by atoms with Gasteiger partial charge in [-0.05, 0) is 23.3 Å². The SMILES string of the molecule is COC(=O)[C@@H]1C(c2ccccc2)C2(c3ccc(C(F)(F)F)cc3)COc3cncc(OC)c3[C@@]1(O)C2=O. The van der Waals surface area contributed by atoms with Gasteiger partial charge >= 0.3 is 12.1 Å². The number of Topliss-reactive ketones (excluding diaryl/α,β-unsaturated/α-hetero) is 1. The Bertz CT molecular complexity index is 1360. The van der Waals surface area contributed by atoms with Gasteiger partial charge in [-0.15, -0.1) is 0 Å². The quantitative estimate of drug-likeness (QED) is 0.531. The number of ether oxygens (including phenoxy) is 3. The average Bonchev–Trinajstić information content (AvgIpc) is 3.04. The standard InChI is InChI=1S/C27H22F3NO6/c1-35-18-12-31-13-19-21(18)26(34)22(23(32)36-2)20(15-6-4-3-5-7-15)25(14-37-19,24(26)33)16-8-10-17(11-9-16)27(28,29)30/h3-13,20,22,34H,14H2,1-2H3/t20?,22-,25?,26-/m0/s1. The van der Waals surface area contributed by atoms with E-state index in [4.69, 9.17) is 14.2 Å². The molecule has 2 heterocycles. The van der Waals surface area contributed by atoms with Crippen molar-refractivity contribution in [2.24, 2.45) is 5.92 Å². The van der Waals surface area contributed by atoms with E-state index in [-0.39, 0.29) is 29.2 Å². The molecule has 1 aliphatic heterocycles. The fourth-order valence-corrected chi connectivity index (χ4v) is 5.75. The van der Waals surface area contributed by atoms with Crippen LogP contribution >= 0.6 is 0 Å². The Balaban J connectivity index is 1.86. The predicted octanol–water partition coefficient (Wildman–Crippen LogP) is 3.78. The van der Waals surface area contributed by atoms with Crippen molar-refractivity contribution in [3.8, 4) is 11.5 Å². The molecular formula is C27H22F3NO6. The molecule has 2 bridgehead atoms. The van der Waals surface area contributed by atoms with Crippen molar-refractivity contribution >= 4 is 11.8 Å². The first kappa shape index (κ1) is 24.8. The van der Waals surface area contributed by atoms with Crippen molar-refractivity contribution in [2.45, 2.75) is 23.1 Å². The minimum absolute atomic E-state index is 0.0131. The number of benzene rings is 2. The summed E-state index contributed by atoms with van der Waals surface area (Å²) in [5.41, 5.74) is -4.60. The number of esters is 1. The molecule has 1 aromatic heterocycles. The average molecular weight is 513 g/mol. The molecular weight excluding hydrogens is 491 g/mol. The summed E-state index contributed by atoms with van der Waals surface area (Å²) in [6, 6.07) is 12.6.